The van der Waals surface area contributed by atoms with E-state index in [2.05, 4.69) is 20.4 Å². The number of H-pyrrole nitrogens is 1. The number of aromatic nitrogens is 4. The molecule has 9 heteroatoms. The lowest BCUT2D eigenvalue weighted by Crippen LogP contribution is -2.24. The number of carbonyl (C=O) groups is 1. The molecule has 2 aromatic carbocycles. The average Bonchev–Trinajstić information content (AvgIpc) is 3.21. The van der Waals surface area contributed by atoms with Gasteiger partial charge >= 0.3 is 0 Å². The Kier molecular flexibility index (Phi) is 5.80. The summed E-state index contributed by atoms with van der Waals surface area (Å²) in [7, 11) is 1.60. The first-order valence-corrected chi connectivity index (χ1v) is 10.2. The van der Waals surface area contributed by atoms with Gasteiger partial charge in [0.2, 0.25) is 5.91 Å². The molecule has 0 bridgehead atoms. The largest absolute Gasteiger partial charge is 0.497 e. The maximum absolute atomic E-state index is 12.4. The van der Waals surface area contributed by atoms with E-state index in [9.17, 15) is 9.59 Å². The maximum atomic E-state index is 12.4. The molecule has 0 fully saturated rings. The number of fused-ring (bicyclic) bond motifs is 1. The van der Waals surface area contributed by atoms with Gasteiger partial charge in [0.25, 0.3) is 5.56 Å². The predicted octanol–water partition coefficient (Wildman–Crippen LogP) is 2.53. The summed E-state index contributed by atoms with van der Waals surface area (Å²) in [4.78, 5) is 31.8. The molecule has 0 spiro atoms. The average molecular weight is 421 g/mol. The van der Waals surface area contributed by atoms with Gasteiger partial charge in [0.05, 0.1) is 24.7 Å². The normalized spacial score (nSPS) is 10.8. The Hall–Kier alpha value is -3.59. The van der Waals surface area contributed by atoms with Crippen LogP contribution in [0.15, 0.2) is 70.7 Å². The number of nitrogens with one attached hydrogen (secondary N) is 2. The van der Waals surface area contributed by atoms with Crippen LogP contribution in [0.5, 0.6) is 5.75 Å². The van der Waals surface area contributed by atoms with Gasteiger partial charge in [-0.25, -0.2) is 9.67 Å². The summed E-state index contributed by atoms with van der Waals surface area (Å²) in [5, 5.41) is 7.88. The van der Waals surface area contributed by atoms with Crippen molar-refractivity contribution in [1.82, 2.24) is 25.1 Å². The number of benzene rings is 2. The van der Waals surface area contributed by atoms with Gasteiger partial charge in [-0.15, -0.1) is 0 Å². The highest BCUT2D eigenvalue weighted by atomic mass is 32.2. The van der Waals surface area contributed by atoms with E-state index in [1.54, 1.807) is 11.8 Å². The molecule has 0 unspecified atom stereocenters. The van der Waals surface area contributed by atoms with Crippen molar-refractivity contribution >= 4 is 28.7 Å². The minimum Gasteiger partial charge on any atom is -0.497 e. The monoisotopic (exact) mass is 421 g/mol. The Bertz CT molecular complexity index is 1240. The van der Waals surface area contributed by atoms with Crippen molar-refractivity contribution in [3.8, 4) is 11.4 Å². The number of ether oxygens (including phenoxy) is 1. The fraction of sp³-hybridized carbons (Fsp3) is 0.143. The number of carbonyl (C=O) groups excluding carboxylic acids is 1. The molecule has 8 nitrogen and oxygen atoms in total. The van der Waals surface area contributed by atoms with Crippen LogP contribution in [0.4, 0.5) is 0 Å². The van der Waals surface area contributed by atoms with Gasteiger partial charge < -0.3 is 15.0 Å². The van der Waals surface area contributed by atoms with Crippen molar-refractivity contribution in [3.63, 3.8) is 0 Å². The number of hydrogen-bond donors (Lipinski definition) is 2. The molecule has 0 saturated heterocycles. The first-order valence-electron chi connectivity index (χ1n) is 9.20. The van der Waals surface area contributed by atoms with Gasteiger partial charge in [-0.1, -0.05) is 42.1 Å². The molecule has 2 aromatic heterocycles. The minimum absolute atomic E-state index is 0.123. The van der Waals surface area contributed by atoms with Crippen LogP contribution in [-0.2, 0) is 11.3 Å². The summed E-state index contributed by atoms with van der Waals surface area (Å²) < 4.78 is 6.79. The summed E-state index contributed by atoms with van der Waals surface area (Å²) in [5.74, 6) is 0.695. The molecule has 4 aromatic rings. The number of nitrogens with zero attached hydrogens (tertiary/aromatic N) is 3. The molecule has 4 rings (SSSR count). The summed E-state index contributed by atoms with van der Waals surface area (Å²) in [6.07, 6.45) is 1.49. The van der Waals surface area contributed by atoms with Gasteiger partial charge in [0.15, 0.2) is 10.8 Å². The van der Waals surface area contributed by atoms with Crippen LogP contribution in [-0.4, -0.2) is 38.5 Å². The van der Waals surface area contributed by atoms with Crippen molar-refractivity contribution in [3.05, 3.63) is 76.7 Å². The minimum atomic E-state index is -0.290. The van der Waals surface area contributed by atoms with E-state index in [4.69, 9.17) is 4.74 Å². The quantitative estimate of drug-likeness (QED) is 0.351. The highest BCUT2D eigenvalue weighted by Crippen LogP contribution is 2.18. The van der Waals surface area contributed by atoms with E-state index in [0.29, 0.717) is 22.7 Å². The second-order valence-corrected chi connectivity index (χ2v) is 7.38. The first kappa shape index (κ1) is 19.7. The number of para-hydroxylation sites is 1. The highest BCUT2D eigenvalue weighted by molar-refractivity contribution is 7.99. The third kappa shape index (κ3) is 4.36. The highest BCUT2D eigenvalue weighted by Gasteiger charge is 2.13. The molecule has 152 valence electrons. The van der Waals surface area contributed by atoms with E-state index in [-0.39, 0.29) is 17.2 Å². The predicted molar refractivity (Wildman–Crippen MR) is 115 cm³/mol. The van der Waals surface area contributed by atoms with Gasteiger partial charge in [-0.2, -0.15) is 5.10 Å². The summed E-state index contributed by atoms with van der Waals surface area (Å²) in [6.45, 7) is 0.389. The van der Waals surface area contributed by atoms with E-state index < -0.39 is 0 Å². The van der Waals surface area contributed by atoms with Gasteiger partial charge in [0, 0.05) is 6.54 Å². The van der Waals surface area contributed by atoms with Crippen molar-refractivity contribution in [2.24, 2.45) is 0 Å². The molecule has 0 aliphatic carbocycles. The third-order valence-electron chi connectivity index (χ3n) is 4.38. The molecular weight excluding hydrogens is 402 g/mol. The molecule has 2 N–H and O–H groups in total. The number of methoxy groups -OCH3 is 1. The lowest BCUT2D eigenvalue weighted by Gasteiger charge is -2.07. The van der Waals surface area contributed by atoms with Crippen LogP contribution in [0.1, 0.15) is 5.56 Å². The van der Waals surface area contributed by atoms with E-state index in [1.807, 2.05) is 54.6 Å². The van der Waals surface area contributed by atoms with Crippen LogP contribution < -0.4 is 15.6 Å². The zero-order chi connectivity index (χ0) is 20.9. The molecule has 0 atom stereocenters. The Morgan fingerprint density at radius 3 is 2.83 bits per heavy atom. The first-order chi connectivity index (χ1) is 14.6. The van der Waals surface area contributed by atoms with Crippen LogP contribution in [0.25, 0.3) is 16.7 Å². The Morgan fingerprint density at radius 1 is 1.20 bits per heavy atom. The molecular formula is C21H19N5O3S. The number of rotatable bonds is 7. The molecule has 0 radical (unpaired) electrons. The molecule has 2 heterocycles. The van der Waals surface area contributed by atoms with E-state index >= 15 is 0 Å². The number of hydrogen-bond acceptors (Lipinski definition) is 6. The summed E-state index contributed by atoms with van der Waals surface area (Å²) in [6, 6.07) is 16.9. The van der Waals surface area contributed by atoms with E-state index in [0.717, 1.165) is 28.8 Å². The molecule has 0 saturated carbocycles. The van der Waals surface area contributed by atoms with Gasteiger partial charge in [-0.3, -0.25) is 9.59 Å². The van der Waals surface area contributed by atoms with E-state index in [1.165, 1.54) is 6.20 Å². The lowest BCUT2D eigenvalue weighted by atomic mass is 10.2. The summed E-state index contributed by atoms with van der Waals surface area (Å²) >= 11 is 1.16. The maximum Gasteiger partial charge on any atom is 0.262 e. The fourth-order valence-electron chi connectivity index (χ4n) is 2.89. The fourth-order valence-corrected chi connectivity index (χ4v) is 3.58. The van der Waals surface area contributed by atoms with Crippen LogP contribution in [0.3, 0.4) is 0 Å². The molecule has 0 aliphatic heterocycles. The van der Waals surface area contributed by atoms with Crippen molar-refractivity contribution in [1.29, 1.82) is 0 Å². The van der Waals surface area contributed by atoms with Crippen LogP contribution >= 0.6 is 11.8 Å². The Labute approximate surface area is 176 Å². The number of aromatic amines is 1. The second kappa shape index (κ2) is 8.83. The smallest absolute Gasteiger partial charge is 0.262 e. The van der Waals surface area contributed by atoms with Crippen LogP contribution in [0, 0.1) is 0 Å². The molecule has 1 amide bonds. The number of thioether (sulfide) groups is 1. The molecule has 30 heavy (non-hydrogen) atoms. The summed E-state index contributed by atoms with van der Waals surface area (Å²) in [5.41, 5.74) is 1.90. The SMILES string of the molecule is COc1cccc(CNC(=O)CSc2nc3c(cnn3-c3ccccc3)c(=O)[nH]2)c1. The van der Waals surface area contributed by atoms with Crippen molar-refractivity contribution < 1.29 is 9.53 Å². The standard InChI is InChI=1S/C21H19N5O3S/c1-29-16-9-5-6-14(10-16)11-22-18(27)13-30-21-24-19-17(20(28)25-21)12-23-26(19)15-7-3-2-4-8-15/h2-10,12H,11,13H2,1H3,(H,22,27)(H,24,25,28). The van der Waals surface area contributed by atoms with Gasteiger partial charge in [0.1, 0.15) is 11.1 Å². The van der Waals surface area contributed by atoms with Crippen LogP contribution in [0.2, 0.25) is 0 Å². The molecule has 0 aliphatic rings. The zero-order valence-corrected chi connectivity index (χ0v) is 17.0. The van der Waals surface area contributed by atoms with Crippen molar-refractivity contribution in [2.75, 3.05) is 12.9 Å². The Balaban J connectivity index is 1.45. The number of amides is 1. The Morgan fingerprint density at radius 2 is 2.03 bits per heavy atom. The lowest BCUT2D eigenvalue weighted by molar-refractivity contribution is -0.118. The van der Waals surface area contributed by atoms with Crippen molar-refractivity contribution in [2.45, 2.75) is 11.7 Å². The topological polar surface area (TPSA) is 102 Å². The van der Waals surface area contributed by atoms with Gasteiger partial charge in [-0.05, 0) is 29.8 Å². The second-order valence-electron chi connectivity index (χ2n) is 6.42. The third-order valence-corrected chi connectivity index (χ3v) is 5.25. The zero-order valence-electron chi connectivity index (χ0n) is 16.2.